The summed E-state index contributed by atoms with van der Waals surface area (Å²) in [4.78, 5) is 40.2. The van der Waals surface area contributed by atoms with Gasteiger partial charge in [-0.25, -0.2) is 4.79 Å². The van der Waals surface area contributed by atoms with Gasteiger partial charge in [-0.3, -0.25) is 14.5 Å². The Bertz CT molecular complexity index is 694. The number of nitrogens with zero attached hydrogens (tertiary/aromatic N) is 3. The molecule has 0 saturated carbocycles. The molecule has 0 radical (unpaired) electrons. The van der Waals surface area contributed by atoms with E-state index in [1.807, 2.05) is 6.92 Å². The van der Waals surface area contributed by atoms with Gasteiger partial charge in [-0.1, -0.05) is 11.6 Å². The number of halogens is 1. The zero-order valence-electron chi connectivity index (χ0n) is 14.8. The quantitative estimate of drug-likeness (QED) is 0.721. The molecular weight excluding hydrogens is 346 g/mol. The summed E-state index contributed by atoms with van der Waals surface area (Å²) in [7, 11) is 4.57. The van der Waals surface area contributed by atoms with E-state index in [9.17, 15) is 14.4 Å². The van der Waals surface area contributed by atoms with Gasteiger partial charge < -0.3 is 14.5 Å². The maximum Gasteiger partial charge on any atom is 0.326 e. The van der Waals surface area contributed by atoms with Gasteiger partial charge in [0.2, 0.25) is 5.91 Å². The average Bonchev–Trinajstić information content (AvgIpc) is 2.75. The zero-order chi connectivity index (χ0) is 18.7. The Kier molecular flexibility index (Phi) is 5.89. The highest BCUT2D eigenvalue weighted by Gasteiger charge is 2.42. The Balaban J connectivity index is 2.07. The summed E-state index contributed by atoms with van der Waals surface area (Å²) < 4.78 is 5.56. The van der Waals surface area contributed by atoms with E-state index in [0.29, 0.717) is 23.9 Å². The maximum absolute atomic E-state index is 12.5. The van der Waals surface area contributed by atoms with Crippen molar-refractivity contribution in [1.82, 2.24) is 14.7 Å². The smallest absolute Gasteiger partial charge is 0.326 e. The van der Waals surface area contributed by atoms with E-state index in [1.54, 1.807) is 25.2 Å². The van der Waals surface area contributed by atoms with Crippen molar-refractivity contribution >= 4 is 29.4 Å². The standard InChI is InChI=1S/C17H22ClN3O4/c1-5-25-14-7-6-12(18)8-11(14)10-19(2)15(22)9-13-16(23)21(4)17(24)20(13)3/h6-8,13H,5,9-10H2,1-4H3/t13-/m0/s1. The van der Waals surface area contributed by atoms with Gasteiger partial charge in [-0.15, -0.1) is 0 Å². The molecule has 1 aromatic rings. The molecule has 1 aliphatic heterocycles. The van der Waals surface area contributed by atoms with Crippen LogP contribution < -0.4 is 4.74 Å². The maximum atomic E-state index is 12.5. The summed E-state index contributed by atoms with van der Waals surface area (Å²) in [6, 6.07) is 4.07. The molecule has 1 heterocycles. The molecule has 1 aliphatic rings. The Labute approximate surface area is 152 Å². The molecule has 4 amide bonds. The van der Waals surface area contributed by atoms with Gasteiger partial charge in [0.1, 0.15) is 11.8 Å². The van der Waals surface area contributed by atoms with Gasteiger partial charge in [-0.2, -0.15) is 0 Å². The second-order valence-electron chi connectivity index (χ2n) is 5.95. The van der Waals surface area contributed by atoms with Crippen LogP contribution in [0.15, 0.2) is 18.2 Å². The van der Waals surface area contributed by atoms with Crippen molar-refractivity contribution in [3.63, 3.8) is 0 Å². The van der Waals surface area contributed by atoms with Crippen LogP contribution in [-0.4, -0.2) is 66.3 Å². The lowest BCUT2D eigenvalue weighted by molar-refractivity contribution is -0.135. The fourth-order valence-electron chi connectivity index (χ4n) is 2.71. The number of imide groups is 1. The number of carbonyl (C=O) groups excluding carboxylic acids is 3. The highest BCUT2D eigenvalue weighted by Crippen LogP contribution is 2.25. The van der Waals surface area contributed by atoms with E-state index in [0.717, 1.165) is 10.5 Å². The first kappa shape index (κ1) is 19.1. The van der Waals surface area contributed by atoms with Crippen LogP contribution in [0, 0.1) is 0 Å². The van der Waals surface area contributed by atoms with E-state index < -0.39 is 12.1 Å². The van der Waals surface area contributed by atoms with Crippen molar-refractivity contribution in [2.24, 2.45) is 0 Å². The number of hydrogen-bond donors (Lipinski definition) is 0. The van der Waals surface area contributed by atoms with Gasteiger partial charge in [0.25, 0.3) is 5.91 Å². The molecule has 25 heavy (non-hydrogen) atoms. The Hall–Kier alpha value is -2.28. The van der Waals surface area contributed by atoms with Crippen molar-refractivity contribution in [2.45, 2.75) is 25.9 Å². The molecule has 1 atom stereocenters. The average molecular weight is 368 g/mol. The number of benzene rings is 1. The first-order valence-electron chi connectivity index (χ1n) is 7.95. The number of amides is 4. The number of rotatable bonds is 6. The SMILES string of the molecule is CCOc1ccc(Cl)cc1CN(C)C(=O)C[C@H]1C(=O)N(C)C(=O)N1C. The zero-order valence-corrected chi connectivity index (χ0v) is 15.5. The third kappa shape index (κ3) is 4.04. The normalized spacial score (nSPS) is 17.2. The minimum Gasteiger partial charge on any atom is -0.494 e. The molecule has 0 aromatic heterocycles. The van der Waals surface area contributed by atoms with E-state index in [2.05, 4.69) is 0 Å². The molecule has 136 valence electrons. The predicted molar refractivity (Wildman–Crippen MR) is 93.4 cm³/mol. The van der Waals surface area contributed by atoms with Crippen molar-refractivity contribution < 1.29 is 19.1 Å². The molecule has 0 aliphatic carbocycles. The number of urea groups is 1. The van der Waals surface area contributed by atoms with Crippen LogP contribution in [0.1, 0.15) is 18.9 Å². The largest absolute Gasteiger partial charge is 0.494 e. The van der Waals surface area contributed by atoms with E-state index in [1.165, 1.54) is 23.9 Å². The highest BCUT2D eigenvalue weighted by molar-refractivity contribution is 6.30. The van der Waals surface area contributed by atoms with Crippen LogP contribution in [0.5, 0.6) is 5.75 Å². The lowest BCUT2D eigenvalue weighted by atomic mass is 10.1. The third-order valence-electron chi connectivity index (χ3n) is 4.20. The number of likely N-dealkylation sites (N-methyl/N-ethyl adjacent to an activating group) is 2. The molecule has 0 spiro atoms. The van der Waals surface area contributed by atoms with Gasteiger partial charge in [-0.05, 0) is 25.1 Å². The van der Waals surface area contributed by atoms with Crippen molar-refractivity contribution in [3.8, 4) is 5.75 Å². The first-order chi connectivity index (χ1) is 11.8. The molecule has 1 aromatic carbocycles. The first-order valence-corrected chi connectivity index (χ1v) is 8.33. The molecule has 8 heteroatoms. The van der Waals surface area contributed by atoms with Crippen molar-refractivity contribution in [3.05, 3.63) is 28.8 Å². The monoisotopic (exact) mass is 367 g/mol. The van der Waals surface area contributed by atoms with Crippen LogP contribution in [0.4, 0.5) is 4.79 Å². The summed E-state index contributed by atoms with van der Waals surface area (Å²) in [5.41, 5.74) is 0.782. The van der Waals surface area contributed by atoms with E-state index in [-0.39, 0.29) is 18.2 Å². The number of ether oxygens (including phenoxy) is 1. The number of carbonyl (C=O) groups is 3. The van der Waals surface area contributed by atoms with Crippen LogP contribution >= 0.6 is 11.6 Å². The van der Waals surface area contributed by atoms with Crippen LogP contribution in [0.3, 0.4) is 0 Å². The van der Waals surface area contributed by atoms with Crippen LogP contribution in [0.2, 0.25) is 5.02 Å². The van der Waals surface area contributed by atoms with Crippen LogP contribution in [-0.2, 0) is 16.1 Å². The molecule has 1 saturated heterocycles. The lowest BCUT2D eigenvalue weighted by Gasteiger charge is -2.22. The highest BCUT2D eigenvalue weighted by atomic mass is 35.5. The molecule has 0 N–H and O–H groups in total. The molecule has 1 fully saturated rings. The van der Waals surface area contributed by atoms with Crippen molar-refractivity contribution in [2.75, 3.05) is 27.7 Å². The predicted octanol–water partition coefficient (Wildman–Crippen LogP) is 1.98. The fraction of sp³-hybridized carbons (Fsp3) is 0.471. The van der Waals surface area contributed by atoms with Gasteiger partial charge in [0.15, 0.2) is 0 Å². The lowest BCUT2D eigenvalue weighted by Crippen LogP contribution is -2.38. The number of hydrogen-bond acceptors (Lipinski definition) is 4. The van der Waals surface area contributed by atoms with E-state index in [4.69, 9.17) is 16.3 Å². The topological polar surface area (TPSA) is 70.2 Å². The Morgan fingerprint density at radius 2 is 2.00 bits per heavy atom. The molecule has 7 nitrogen and oxygen atoms in total. The van der Waals surface area contributed by atoms with Crippen LogP contribution in [0.25, 0.3) is 0 Å². The Morgan fingerprint density at radius 1 is 1.32 bits per heavy atom. The molecule has 0 bridgehead atoms. The van der Waals surface area contributed by atoms with Gasteiger partial charge >= 0.3 is 6.03 Å². The van der Waals surface area contributed by atoms with Gasteiger partial charge in [0.05, 0.1) is 13.0 Å². The van der Waals surface area contributed by atoms with Crippen molar-refractivity contribution in [1.29, 1.82) is 0 Å². The molecular formula is C17H22ClN3O4. The van der Waals surface area contributed by atoms with E-state index >= 15 is 0 Å². The molecule has 0 unspecified atom stereocenters. The molecule has 2 rings (SSSR count). The van der Waals surface area contributed by atoms with Gasteiger partial charge in [0, 0.05) is 38.3 Å². The fourth-order valence-corrected chi connectivity index (χ4v) is 2.91. The summed E-state index contributed by atoms with van der Waals surface area (Å²) in [6.07, 6.45) is -0.0630. The summed E-state index contributed by atoms with van der Waals surface area (Å²) >= 11 is 6.03. The summed E-state index contributed by atoms with van der Waals surface area (Å²) in [5, 5.41) is 0.553. The minimum atomic E-state index is -0.766. The Morgan fingerprint density at radius 3 is 2.56 bits per heavy atom. The second-order valence-corrected chi connectivity index (χ2v) is 6.38. The third-order valence-corrected chi connectivity index (χ3v) is 4.43. The summed E-state index contributed by atoms with van der Waals surface area (Å²) in [5.74, 6) is 0.0539. The minimum absolute atomic E-state index is 0.0630. The second kappa shape index (κ2) is 7.74. The summed E-state index contributed by atoms with van der Waals surface area (Å²) in [6.45, 7) is 2.67.